The molecule has 0 aromatic carbocycles. The SMILES string of the molecule is Cc1cc(C(=O)N2CCC(C(=O)N(C)C)(n3cccn3)CC2)no1. The molecule has 128 valence electrons. The van der Waals surface area contributed by atoms with Crippen molar-refractivity contribution >= 4 is 11.8 Å². The smallest absolute Gasteiger partial charge is 0.276 e. The third-order valence-corrected chi connectivity index (χ3v) is 4.47. The predicted molar refractivity (Wildman–Crippen MR) is 85.3 cm³/mol. The van der Waals surface area contributed by atoms with Gasteiger partial charge in [0.2, 0.25) is 5.91 Å². The van der Waals surface area contributed by atoms with Gasteiger partial charge in [0.15, 0.2) is 5.69 Å². The second-order valence-corrected chi connectivity index (χ2v) is 6.30. The van der Waals surface area contributed by atoms with Crippen LogP contribution in [0.25, 0.3) is 0 Å². The van der Waals surface area contributed by atoms with Crippen LogP contribution >= 0.6 is 0 Å². The van der Waals surface area contributed by atoms with Crippen LogP contribution < -0.4 is 0 Å². The first-order valence-corrected chi connectivity index (χ1v) is 7.88. The second-order valence-electron chi connectivity index (χ2n) is 6.30. The summed E-state index contributed by atoms with van der Waals surface area (Å²) in [6.45, 7) is 2.67. The monoisotopic (exact) mass is 331 g/mol. The average Bonchev–Trinajstić information content (AvgIpc) is 3.25. The Hall–Kier alpha value is -2.64. The first kappa shape index (κ1) is 16.2. The maximum Gasteiger partial charge on any atom is 0.276 e. The van der Waals surface area contributed by atoms with Gasteiger partial charge in [-0.05, 0) is 25.8 Å². The summed E-state index contributed by atoms with van der Waals surface area (Å²) in [6, 6.07) is 3.43. The summed E-state index contributed by atoms with van der Waals surface area (Å²) in [4.78, 5) is 28.6. The number of aryl methyl sites for hydroxylation is 1. The minimum Gasteiger partial charge on any atom is -0.361 e. The van der Waals surface area contributed by atoms with Gasteiger partial charge in [0.1, 0.15) is 11.3 Å². The zero-order chi connectivity index (χ0) is 17.3. The quantitative estimate of drug-likeness (QED) is 0.834. The van der Waals surface area contributed by atoms with E-state index in [-0.39, 0.29) is 11.8 Å². The molecule has 0 atom stereocenters. The number of hydrogen-bond donors (Lipinski definition) is 0. The first-order valence-electron chi connectivity index (χ1n) is 7.88. The second kappa shape index (κ2) is 6.10. The molecule has 3 heterocycles. The lowest BCUT2D eigenvalue weighted by Crippen LogP contribution is -2.55. The lowest BCUT2D eigenvalue weighted by atomic mass is 9.86. The molecule has 1 aliphatic rings. The highest BCUT2D eigenvalue weighted by molar-refractivity contribution is 5.92. The van der Waals surface area contributed by atoms with E-state index in [1.165, 1.54) is 0 Å². The van der Waals surface area contributed by atoms with Crippen molar-refractivity contribution in [3.8, 4) is 0 Å². The molecule has 1 fully saturated rings. The minimum atomic E-state index is -0.747. The van der Waals surface area contributed by atoms with E-state index in [2.05, 4.69) is 10.3 Å². The highest BCUT2D eigenvalue weighted by Gasteiger charge is 2.45. The van der Waals surface area contributed by atoms with Gasteiger partial charge in [0.25, 0.3) is 5.91 Å². The number of rotatable bonds is 3. The topological polar surface area (TPSA) is 84.5 Å². The Morgan fingerprint density at radius 2 is 2.00 bits per heavy atom. The Kier molecular flexibility index (Phi) is 4.13. The highest BCUT2D eigenvalue weighted by Crippen LogP contribution is 2.32. The van der Waals surface area contributed by atoms with Crippen molar-refractivity contribution in [1.29, 1.82) is 0 Å². The minimum absolute atomic E-state index is 0.00409. The molecule has 3 rings (SSSR count). The third-order valence-electron chi connectivity index (χ3n) is 4.47. The number of hydrogen-bond acceptors (Lipinski definition) is 5. The zero-order valence-corrected chi connectivity index (χ0v) is 14.1. The molecule has 0 spiro atoms. The van der Waals surface area contributed by atoms with E-state index in [4.69, 9.17) is 4.52 Å². The lowest BCUT2D eigenvalue weighted by molar-refractivity contribution is -0.141. The van der Waals surface area contributed by atoms with Crippen molar-refractivity contribution in [2.45, 2.75) is 25.3 Å². The number of piperidine rings is 1. The molecule has 0 bridgehead atoms. The maximum absolute atomic E-state index is 12.8. The Bertz CT molecular complexity index is 727. The molecule has 0 saturated carbocycles. The standard InChI is InChI=1S/C16H21N5O3/c1-12-11-13(18-24-12)14(22)20-9-5-16(6-10-20,15(23)19(2)3)21-8-4-7-17-21/h4,7-8,11H,5-6,9-10H2,1-3H3. The molecule has 2 aromatic rings. The summed E-state index contributed by atoms with van der Waals surface area (Å²) in [7, 11) is 3.48. The lowest BCUT2D eigenvalue weighted by Gasteiger charge is -2.41. The number of amides is 2. The fourth-order valence-corrected chi connectivity index (χ4v) is 3.19. The Balaban J connectivity index is 1.80. The van der Waals surface area contributed by atoms with Gasteiger partial charge < -0.3 is 14.3 Å². The maximum atomic E-state index is 12.8. The summed E-state index contributed by atoms with van der Waals surface area (Å²) in [5, 5.41) is 8.07. The molecule has 1 saturated heterocycles. The van der Waals surface area contributed by atoms with Crippen molar-refractivity contribution in [1.82, 2.24) is 24.7 Å². The fraction of sp³-hybridized carbons (Fsp3) is 0.500. The molecule has 0 N–H and O–H groups in total. The summed E-state index contributed by atoms with van der Waals surface area (Å²) >= 11 is 0. The fourth-order valence-electron chi connectivity index (χ4n) is 3.19. The van der Waals surface area contributed by atoms with Crippen LogP contribution in [0.2, 0.25) is 0 Å². The van der Waals surface area contributed by atoms with E-state index in [9.17, 15) is 9.59 Å². The van der Waals surface area contributed by atoms with Gasteiger partial charge in [-0.15, -0.1) is 0 Å². The van der Waals surface area contributed by atoms with Crippen molar-refractivity contribution in [2.75, 3.05) is 27.2 Å². The largest absolute Gasteiger partial charge is 0.361 e. The van der Waals surface area contributed by atoms with Gasteiger partial charge in [-0.2, -0.15) is 5.10 Å². The van der Waals surface area contributed by atoms with E-state index in [0.717, 1.165) is 0 Å². The van der Waals surface area contributed by atoms with Crippen LogP contribution in [-0.2, 0) is 10.3 Å². The molecule has 2 amide bonds. The number of nitrogens with zero attached hydrogens (tertiary/aromatic N) is 5. The van der Waals surface area contributed by atoms with Crippen LogP contribution in [0.1, 0.15) is 29.1 Å². The van der Waals surface area contributed by atoms with Crippen LogP contribution in [0, 0.1) is 6.92 Å². The van der Waals surface area contributed by atoms with Crippen LogP contribution in [-0.4, -0.2) is 63.7 Å². The molecule has 8 nitrogen and oxygen atoms in total. The molecule has 0 radical (unpaired) electrons. The van der Waals surface area contributed by atoms with Crippen molar-refractivity contribution < 1.29 is 14.1 Å². The molecule has 2 aromatic heterocycles. The molecule has 0 aliphatic carbocycles. The van der Waals surface area contributed by atoms with Crippen LogP contribution in [0.4, 0.5) is 0 Å². The van der Waals surface area contributed by atoms with Gasteiger partial charge in [0.05, 0.1) is 0 Å². The zero-order valence-electron chi connectivity index (χ0n) is 14.1. The van der Waals surface area contributed by atoms with Gasteiger partial charge in [-0.3, -0.25) is 14.3 Å². The molecule has 0 unspecified atom stereocenters. The highest BCUT2D eigenvalue weighted by atomic mass is 16.5. The molecule has 24 heavy (non-hydrogen) atoms. The molecule has 8 heteroatoms. The number of carbonyl (C=O) groups excluding carboxylic acids is 2. The van der Waals surface area contributed by atoms with Gasteiger partial charge in [-0.1, -0.05) is 5.16 Å². The molecular formula is C16H21N5O3. The first-order chi connectivity index (χ1) is 11.4. The normalized spacial score (nSPS) is 16.9. The van der Waals surface area contributed by atoms with Gasteiger partial charge in [0, 0.05) is 45.6 Å². The van der Waals surface area contributed by atoms with Crippen molar-refractivity contribution in [3.05, 3.63) is 36.0 Å². The summed E-state index contributed by atoms with van der Waals surface area (Å²) in [6.07, 6.45) is 4.49. The Morgan fingerprint density at radius 1 is 1.29 bits per heavy atom. The summed E-state index contributed by atoms with van der Waals surface area (Å²) in [5.41, 5.74) is -0.443. The summed E-state index contributed by atoms with van der Waals surface area (Å²) < 4.78 is 6.69. The van der Waals surface area contributed by atoms with Crippen molar-refractivity contribution in [3.63, 3.8) is 0 Å². The van der Waals surface area contributed by atoms with Crippen LogP contribution in [0.3, 0.4) is 0 Å². The number of likely N-dealkylation sites (tertiary alicyclic amines) is 1. The molecule has 1 aliphatic heterocycles. The van der Waals surface area contributed by atoms with E-state index in [1.54, 1.807) is 60.0 Å². The van der Waals surface area contributed by atoms with E-state index in [1.807, 2.05) is 0 Å². The third kappa shape index (κ3) is 2.68. The van der Waals surface area contributed by atoms with E-state index >= 15 is 0 Å². The van der Waals surface area contributed by atoms with Gasteiger partial charge in [-0.25, -0.2) is 0 Å². The Labute approximate surface area is 140 Å². The average molecular weight is 331 g/mol. The molecular weight excluding hydrogens is 310 g/mol. The predicted octanol–water partition coefficient (Wildman–Crippen LogP) is 0.899. The van der Waals surface area contributed by atoms with E-state index < -0.39 is 5.54 Å². The number of likely N-dealkylation sites (N-methyl/N-ethyl adjacent to an activating group) is 1. The van der Waals surface area contributed by atoms with Gasteiger partial charge >= 0.3 is 0 Å². The van der Waals surface area contributed by atoms with Crippen molar-refractivity contribution in [2.24, 2.45) is 0 Å². The van der Waals surface area contributed by atoms with Crippen LogP contribution in [0.5, 0.6) is 0 Å². The summed E-state index contributed by atoms with van der Waals surface area (Å²) in [5.74, 6) is 0.429. The number of aromatic nitrogens is 3. The van der Waals surface area contributed by atoms with Crippen LogP contribution in [0.15, 0.2) is 29.0 Å². The Morgan fingerprint density at radius 3 is 2.50 bits per heavy atom. The number of carbonyl (C=O) groups is 2. The van der Waals surface area contributed by atoms with E-state index in [0.29, 0.717) is 37.4 Å².